The highest BCUT2D eigenvalue weighted by Crippen LogP contribution is 2.10. The predicted octanol–water partition coefficient (Wildman–Crippen LogP) is 3.29. The summed E-state index contributed by atoms with van der Waals surface area (Å²) in [6.07, 6.45) is 0. The number of carbonyl (C=O) groups excluding carboxylic acids is 1. The van der Waals surface area contributed by atoms with E-state index in [0.717, 1.165) is 16.8 Å². The Morgan fingerprint density at radius 3 is 2.62 bits per heavy atom. The van der Waals surface area contributed by atoms with Crippen LogP contribution in [0.1, 0.15) is 28.4 Å². The molecule has 0 aliphatic heterocycles. The Morgan fingerprint density at radius 2 is 1.92 bits per heavy atom. The molecule has 0 aromatic heterocycles. The van der Waals surface area contributed by atoms with Crippen LogP contribution < -0.4 is 16.4 Å². The van der Waals surface area contributed by atoms with Crippen LogP contribution in [-0.4, -0.2) is 18.4 Å². The van der Waals surface area contributed by atoms with Crippen LogP contribution in [0.2, 0.25) is 0 Å². The number of aryl methyl sites for hydroxylation is 1. The summed E-state index contributed by atoms with van der Waals surface area (Å²) in [6.45, 7) is 4.93. The molecule has 0 aliphatic carbocycles. The van der Waals surface area contributed by atoms with E-state index in [1.807, 2.05) is 56.3 Å². The van der Waals surface area contributed by atoms with Crippen LogP contribution in [0.15, 0.2) is 53.5 Å². The summed E-state index contributed by atoms with van der Waals surface area (Å²) in [5.41, 5.74) is 9.53. The van der Waals surface area contributed by atoms with Gasteiger partial charge in [0.1, 0.15) is 0 Å². The van der Waals surface area contributed by atoms with Crippen LogP contribution in [0.5, 0.6) is 0 Å². The van der Waals surface area contributed by atoms with E-state index in [9.17, 15) is 4.79 Å². The molecule has 4 N–H and O–H groups in total. The van der Waals surface area contributed by atoms with Gasteiger partial charge < -0.3 is 16.4 Å². The second-order valence-corrected chi connectivity index (χ2v) is 5.26. The van der Waals surface area contributed by atoms with Crippen molar-refractivity contribution in [2.75, 3.05) is 11.9 Å². The summed E-state index contributed by atoms with van der Waals surface area (Å²) in [4.78, 5) is 16.1. The highest BCUT2D eigenvalue weighted by Gasteiger charge is 2.04. The number of anilines is 1. The average Bonchev–Trinajstić information content (AvgIpc) is 2.53. The standard InChI is InChI=1S/C18H22N4O.HI/c1-3-20-17(23)15-8-5-7-14(11-15)12-21-18(19)22-16-9-4-6-13(2)10-16;/h4-11H,3,12H2,1-2H3,(H,20,23)(H3,19,21,22);1H. The Labute approximate surface area is 159 Å². The van der Waals surface area contributed by atoms with Crippen LogP contribution in [0.25, 0.3) is 0 Å². The number of rotatable bonds is 5. The van der Waals surface area contributed by atoms with Crippen molar-refractivity contribution in [2.24, 2.45) is 10.7 Å². The number of hydrogen-bond acceptors (Lipinski definition) is 2. The summed E-state index contributed by atoms with van der Waals surface area (Å²) >= 11 is 0. The minimum absolute atomic E-state index is 0. The normalized spacial score (nSPS) is 10.7. The van der Waals surface area contributed by atoms with Crippen molar-refractivity contribution in [1.82, 2.24) is 5.32 Å². The lowest BCUT2D eigenvalue weighted by molar-refractivity contribution is 0.0955. The summed E-state index contributed by atoms with van der Waals surface area (Å²) < 4.78 is 0. The second kappa shape index (κ2) is 9.92. The highest BCUT2D eigenvalue weighted by molar-refractivity contribution is 14.0. The molecule has 0 fully saturated rings. The van der Waals surface area contributed by atoms with Gasteiger partial charge in [0.05, 0.1) is 6.54 Å². The molecule has 2 aromatic carbocycles. The zero-order chi connectivity index (χ0) is 16.7. The molecule has 2 aromatic rings. The molecule has 24 heavy (non-hydrogen) atoms. The number of nitrogens with one attached hydrogen (secondary N) is 2. The zero-order valence-electron chi connectivity index (χ0n) is 13.9. The number of aliphatic imine (C=N–C) groups is 1. The molecule has 0 saturated carbocycles. The maximum atomic E-state index is 11.8. The molecule has 0 aliphatic rings. The lowest BCUT2D eigenvalue weighted by atomic mass is 10.1. The van der Waals surface area contributed by atoms with Crippen molar-refractivity contribution in [1.29, 1.82) is 0 Å². The molecule has 1 amide bonds. The molecule has 0 atom stereocenters. The van der Waals surface area contributed by atoms with Crippen molar-refractivity contribution in [2.45, 2.75) is 20.4 Å². The fraction of sp³-hybridized carbons (Fsp3) is 0.222. The molecule has 0 heterocycles. The number of halogens is 1. The van der Waals surface area contributed by atoms with E-state index in [0.29, 0.717) is 24.6 Å². The molecule has 0 saturated heterocycles. The molecule has 0 radical (unpaired) electrons. The first-order valence-corrected chi connectivity index (χ1v) is 7.59. The summed E-state index contributed by atoms with van der Waals surface area (Å²) in [7, 11) is 0. The topological polar surface area (TPSA) is 79.5 Å². The van der Waals surface area contributed by atoms with Crippen molar-refractivity contribution in [3.63, 3.8) is 0 Å². The third kappa shape index (κ3) is 6.19. The van der Waals surface area contributed by atoms with Crippen molar-refractivity contribution >= 4 is 41.5 Å². The summed E-state index contributed by atoms with van der Waals surface area (Å²) in [6, 6.07) is 15.3. The fourth-order valence-corrected chi connectivity index (χ4v) is 2.16. The first-order chi connectivity index (χ1) is 11.1. The van der Waals surface area contributed by atoms with Crippen LogP contribution >= 0.6 is 24.0 Å². The van der Waals surface area contributed by atoms with Crippen LogP contribution in [-0.2, 0) is 6.54 Å². The molecule has 0 spiro atoms. The first kappa shape index (κ1) is 20.0. The van der Waals surface area contributed by atoms with Gasteiger partial charge >= 0.3 is 0 Å². The average molecular weight is 438 g/mol. The van der Waals surface area contributed by atoms with Gasteiger partial charge in [0, 0.05) is 17.8 Å². The smallest absolute Gasteiger partial charge is 0.251 e. The van der Waals surface area contributed by atoms with E-state index in [4.69, 9.17) is 5.73 Å². The molecule has 5 nitrogen and oxygen atoms in total. The van der Waals surface area contributed by atoms with E-state index in [-0.39, 0.29) is 29.9 Å². The van der Waals surface area contributed by atoms with Crippen LogP contribution in [0.3, 0.4) is 0 Å². The van der Waals surface area contributed by atoms with Gasteiger partial charge in [-0.1, -0.05) is 24.3 Å². The lowest BCUT2D eigenvalue weighted by Crippen LogP contribution is -2.23. The number of carbonyl (C=O) groups is 1. The molecule has 0 bridgehead atoms. The van der Waals surface area contributed by atoms with Gasteiger partial charge in [-0.2, -0.15) is 0 Å². The van der Waals surface area contributed by atoms with Crippen molar-refractivity contribution < 1.29 is 4.79 Å². The Bertz CT molecular complexity index is 716. The summed E-state index contributed by atoms with van der Waals surface area (Å²) in [5.74, 6) is 0.267. The Morgan fingerprint density at radius 1 is 1.17 bits per heavy atom. The number of nitrogens with two attached hydrogens (primary N) is 1. The van der Waals surface area contributed by atoms with Gasteiger partial charge in [-0.25, -0.2) is 4.99 Å². The Balaban J connectivity index is 0.00000288. The molecule has 6 heteroatoms. The van der Waals surface area contributed by atoms with E-state index >= 15 is 0 Å². The molecular formula is C18H23IN4O. The van der Waals surface area contributed by atoms with Gasteiger partial charge in [0.15, 0.2) is 5.96 Å². The Kier molecular flexibility index (Phi) is 8.25. The van der Waals surface area contributed by atoms with E-state index < -0.39 is 0 Å². The zero-order valence-corrected chi connectivity index (χ0v) is 16.2. The third-order valence-corrected chi connectivity index (χ3v) is 3.25. The van der Waals surface area contributed by atoms with Crippen molar-refractivity contribution in [3.8, 4) is 0 Å². The van der Waals surface area contributed by atoms with Crippen LogP contribution in [0.4, 0.5) is 5.69 Å². The molecule has 0 unspecified atom stereocenters. The second-order valence-electron chi connectivity index (χ2n) is 5.26. The predicted molar refractivity (Wildman–Crippen MR) is 110 cm³/mol. The van der Waals surface area contributed by atoms with E-state index in [2.05, 4.69) is 15.6 Å². The van der Waals surface area contributed by atoms with Gasteiger partial charge in [-0.15, -0.1) is 24.0 Å². The molecular weight excluding hydrogens is 415 g/mol. The minimum atomic E-state index is -0.0795. The lowest BCUT2D eigenvalue weighted by Gasteiger charge is -2.07. The van der Waals surface area contributed by atoms with Crippen LogP contribution in [0, 0.1) is 6.92 Å². The maximum absolute atomic E-state index is 11.8. The number of hydrogen-bond donors (Lipinski definition) is 3. The van der Waals surface area contributed by atoms with Gasteiger partial charge in [0.2, 0.25) is 0 Å². The number of nitrogens with zero attached hydrogens (tertiary/aromatic N) is 1. The van der Waals surface area contributed by atoms with Crippen molar-refractivity contribution in [3.05, 3.63) is 65.2 Å². The minimum Gasteiger partial charge on any atom is -0.370 e. The quantitative estimate of drug-likeness (QED) is 0.381. The number of amides is 1. The summed E-state index contributed by atoms with van der Waals surface area (Å²) in [5, 5.41) is 5.84. The first-order valence-electron chi connectivity index (χ1n) is 7.59. The van der Waals surface area contributed by atoms with Gasteiger partial charge in [-0.3, -0.25) is 4.79 Å². The highest BCUT2D eigenvalue weighted by atomic mass is 127. The van der Waals surface area contributed by atoms with Gasteiger partial charge in [0.25, 0.3) is 5.91 Å². The number of benzene rings is 2. The maximum Gasteiger partial charge on any atom is 0.251 e. The number of guanidine groups is 1. The molecule has 2 rings (SSSR count). The third-order valence-electron chi connectivity index (χ3n) is 3.25. The fourth-order valence-electron chi connectivity index (χ4n) is 2.16. The monoisotopic (exact) mass is 438 g/mol. The van der Waals surface area contributed by atoms with Gasteiger partial charge in [-0.05, 0) is 49.2 Å². The largest absolute Gasteiger partial charge is 0.370 e. The van der Waals surface area contributed by atoms with E-state index in [1.165, 1.54) is 0 Å². The Hall–Kier alpha value is -2.09. The molecule has 128 valence electrons. The SMILES string of the molecule is CCNC(=O)c1cccc(CN=C(N)Nc2cccc(C)c2)c1.I. The van der Waals surface area contributed by atoms with E-state index in [1.54, 1.807) is 6.07 Å².